The molecule has 8 heteroatoms. The van der Waals surface area contributed by atoms with Gasteiger partial charge in [-0.3, -0.25) is 4.79 Å². The summed E-state index contributed by atoms with van der Waals surface area (Å²) in [4.78, 5) is 12.0. The lowest BCUT2D eigenvalue weighted by Gasteiger charge is -2.05. The predicted molar refractivity (Wildman–Crippen MR) is 96.8 cm³/mol. The highest BCUT2D eigenvalue weighted by molar-refractivity contribution is 7.99. The van der Waals surface area contributed by atoms with Crippen LogP contribution in [0.4, 0.5) is 10.1 Å². The average molecular weight is 373 g/mol. The lowest BCUT2D eigenvalue weighted by molar-refractivity contribution is -0.113. The highest BCUT2D eigenvalue weighted by atomic mass is 32.2. The molecular formula is C18H16FN3O3S. The minimum Gasteiger partial charge on any atom is -0.497 e. The molecule has 0 radical (unpaired) electrons. The molecule has 1 aromatic heterocycles. The van der Waals surface area contributed by atoms with E-state index in [-0.39, 0.29) is 22.7 Å². The van der Waals surface area contributed by atoms with Gasteiger partial charge in [0.25, 0.3) is 5.22 Å². The summed E-state index contributed by atoms with van der Waals surface area (Å²) < 4.78 is 24.2. The van der Waals surface area contributed by atoms with Gasteiger partial charge in [0, 0.05) is 11.3 Å². The van der Waals surface area contributed by atoms with Gasteiger partial charge in [-0.25, -0.2) is 4.39 Å². The Labute approximate surface area is 153 Å². The number of anilines is 1. The van der Waals surface area contributed by atoms with Crippen LogP contribution >= 0.6 is 11.8 Å². The summed E-state index contributed by atoms with van der Waals surface area (Å²) in [5.74, 6) is 0.427. The van der Waals surface area contributed by atoms with Crippen molar-refractivity contribution >= 4 is 23.4 Å². The molecule has 0 saturated carbocycles. The zero-order valence-corrected chi connectivity index (χ0v) is 15.0. The molecule has 6 nitrogen and oxygen atoms in total. The normalized spacial score (nSPS) is 10.6. The molecule has 1 amide bonds. The molecule has 3 rings (SSSR count). The van der Waals surface area contributed by atoms with E-state index in [2.05, 4.69) is 15.5 Å². The maximum atomic E-state index is 13.5. The first-order valence-corrected chi connectivity index (χ1v) is 8.70. The SMILES string of the molecule is COc1cccc(-c2nnc(SCC(=O)Nc3ccc(C)c(F)c3)o2)c1. The molecule has 0 spiro atoms. The lowest BCUT2D eigenvalue weighted by atomic mass is 10.2. The Morgan fingerprint density at radius 1 is 1.27 bits per heavy atom. The van der Waals surface area contributed by atoms with Crippen molar-refractivity contribution in [1.29, 1.82) is 0 Å². The van der Waals surface area contributed by atoms with Crippen molar-refractivity contribution in [2.24, 2.45) is 0 Å². The third kappa shape index (κ3) is 4.40. The van der Waals surface area contributed by atoms with E-state index in [0.29, 0.717) is 22.9 Å². The van der Waals surface area contributed by atoms with Gasteiger partial charge in [-0.1, -0.05) is 23.9 Å². The molecule has 0 unspecified atom stereocenters. The number of rotatable bonds is 6. The van der Waals surface area contributed by atoms with Crippen LogP contribution in [0, 0.1) is 12.7 Å². The van der Waals surface area contributed by atoms with E-state index in [1.54, 1.807) is 32.2 Å². The summed E-state index contributed by atoms with van der Waals surface area (Å²) in [6.45, 7) is 1.66. The van der Waals surface area contributed by atoms with Crippen LogP contribution in [0.5, 0.6) is 5.75 Å². The molecule has 26 heavy (non-hydrogen) atoms. The van der Waals surface area contributed by atoms with E-state index in [0.717, 1.165) is 17.3 Å². The standard InChI is InChI=1S/C18H16FN3O3S/c1-11-6-7-13(9-15(11)19)20-16(23)10-26-18-22-21-17(25-18)12-4-3-5-14(8-12)24-2/h3-9H,10H2,1-2H3,(H,20,23). The van der Waals surface area contributed by atoms with E-state index in [9.17, 15) is 9.18 Å². The van der Waals surface area contributed by atoms with Crippen molar-refractivity contribution in [3.8, 4) is 17.2 Å². The number of aryl methyl sites for hydroxylation is 1. The van der Waals surface area contributed by atoms with E-state index >= 15 is 0 Å². The Morgan fingerprint density at radius 2 is 2.12 bits per heavy atom. The van der Waals surface area contributed by atoms with Gasteiger partial charge in [-0.2, -0.15) is 0 Å². The summed E-state index contributed by atoms with van der Waals surface area (Å²) in [5, 5.41) is 10.8. The number of benzene rings is 2. The minimum absolute atomic E-state index is 0.0647. The number of halogens is 1. The molecular weight excluding hydrogens is 357 g/mol. The van der Waals surface area contributed by atoms with Crippen LogP contribution in [0.15, 0.2) is 52.1 Å². The Balaban J connectivity index is 1.58. The predicted octanol–water partition coefficient (Wildman–Crippen LogP) is 3.92. The molecule has 2 aromatic carbocycles. The number of nitrogens with zero attached hydrogens (tertiary/aromatic N) is 2. The molecule has 0 atom stereocenters. The number of thioether (sulfide) groups is 1. The summed E-state index contributed by atoms with van der Waals surface area (Å²) in [6, 6.07) is 11.8. The van der Waals surface area contributed by atoms with Gasteiger partial charge < -0.3 is 14.5 Å². The maximum absolute atomic E-state index is 13.5. The van der Waals surface area contributed by atoms with Gasteiger partial charge >= 0.3 is 0 Å². The van der Waals surface area contributed by atoms with Crippen molar-refractivity contribution in [1.82, 2.24) is 10.2 Å². The Bertz CT molecular complexity index is 930. The van der Waals surface area contributed by atoms with E-state index in [4.69, 9.17) is 9.15 Å². The number of carbonyl (C=O) groups excluding carboxylic acids is 1. The van der Waals surface area contributed by atoms with Gasteiger partial charge in [0.05, 0.1) is 12.9 Å². The maximum Gasteiger partial charge on any atom is 0.277 e. The first-order valence-electron chi connectivity index (χ1n) is 7.72. The number of hydrogen-bond donors (Lipinski definition) is 1. The van der Waals surface area contributed by atoms with E-state index in [1.807, 2.05) is 18.2 Å². The van der Waals surface area contributed by atoms with Gasteiger partial charge in [0.1, 0.15) is 11.6 Å². The molecule has 0 fully saturated rings. The Morgan fingerprint density at radius 3 is 2.88 bits per heavy atom. The third-order valence-corrected chi connectivity index (χ3v) is 4.32. The van der Waals surface area contributed by atoms with Crippen molar-refractivity contribution in [2.45, 2.75) is 12.1 Å². The molecule has 0 aliphatic heterocycles. The number of carbonyl (C=O) groups is 1. The quantitative estimate of drug-likeness (QED) is 0.660. The first kappa shape index (κ1) is 17.9. The number of amides is 1. The molecule has 1 heterocycles. The number of nitrogens with one attached hydrogen (secondary N) is 1. The second-order valence-corrected chi connectivity index (χ2v) is 6.33. The fraction of sp³-hybridized carbons (Fsp3) is 0.167. The molecule has 0 bridgehead atoms. The first-order chi connectivity index (χ1) is 12.5. The van der Waals surface area contributed by atoms with Crippen molar-refractivity contribution in [2.75, 3.05) is 18.2 Å². The molecule has 0 aliphatic rings. The van der Waals surface area contributed by atoms with Crippen LogP contribution in [0.3, 0.4) is 0 Å². The topological polar surface area (TPSA) is 77.2 Å². The second kappa shape index (κ2) is 8.01. The van der Waals surface area contributed by atoms with Gasteiger partial charge in [-0.05, 0) is 42.8 Å². The Kier molecular flexibility index (Phi) is 5.52. The Hall–Kier alpha value is -2.87. The highest BCUT2D eigenvalue weighted by Gasteiger charge is 2.12. The van der Waals surface area contributed by atoms with Crippen LogP contribution in [0.2, 0.25) is 0 Å². The lowest BCUT2D eigenvalue weighted by Crippen LogP contribution is -2.14. The van der Waals surface area contributed by atoms with Crippen LogP contribution in [-0.4, -0.2) is 29.0 Å². The fourth-order valence-corrected chi connectivity index (χ4v) is 2.70. The largest absolute Gasteiger partial charge is 0.497 e. The third-order valence-electron chi connectivity index (χ3n) is 3.51. The zero-order chi connectivity index (χ0) is 18.5. The smallest absolute Gasteiger partial charge is 0.277 e. The van der Waals surface area contributed by atoms with Gasteiger partial charge in [0.15, 0.2) is 0 Å². The van der Waals surface area contributed by atoms with Crippen molar-refractivity contribution in [3.05, 3.63) is 53.8 Å². The monoisotopic (exact) mass is 373 g/mol. The number of ether oxygens (including phenoxy) is 1. The van der Waals surface area contributed by atoms with E-state index < -0.39 is 0 Å². The van der Waals surface area contributed by atoms with Crippen LogP contribution in [0.1, 0.15) is 5.56 Å². The zero-order valence-electron chi connectivity index (χ0n) is 14.2. The summed E-state index contributed by atoms with van der Waals surface area (Å²) in [7, 11) is 1.58. The molecule has 0 aliphatic carbocycles. The molecule has 1 N–H and O–H groups in total. The molecule has 3 aromatic rings. The number of methoxy groups -OCH3 is 1. The number of hydrogen-bond acceptors (Lipinski definition) is 6. The fourth-order valence-electron chi connectivity index (χ4n) is 2.14. The molecule has 0 saturated heterocycles. The van der Waals surface area contributed by atoms with Crippen molar-refractivity contribution in [3.63, 3.8) is 0 Å². The second-order valence-electron chi connectivity index (χ2n) is 5.41. The van der Waals surface area contributed by atoms with E-state index in [1.165, 1.54) is 6.07 Å². The summed E-state index contributed by atoms with van der Waals surface area (Å²) in [6.07, 6.45) is 0. The van der Waals surface area contributed by atoms with Gasteiger partial charge in [0.2, 0.25) is 11.8 Å². The van der Waals surface area contributed by atoms with Gasteiger partial charge in [-0.15, -0.1) is 10.2 Å². The minimum atomic E-state index is -0.365. The summed E-state index contributed by atoms with van der Waals surface area (Å²) >= 11 is 1.10. The van der Waals surface area contributed by atoms with Crippen LogP contribution < -0.4 is 10.1 Å². The molecule has 134 valence electrons. The van der Waals surface area contributed by atoms with Crippen LogP contribution in [-0.2, 0) is 4.79 Å². The highest BCUT2D eigenvalue weighted by Crippen LogP contribution is 2.26. The van der Waals surface area contributed by atoms with Crippen LogP contribution in [0.25, 0.3) is 11.5 Å². The number of aromatic nitrogens is 2. The average Bonchev–Trinajstić information content (AvgIpc) is 3.12. The summed E-state index contributed by atoms with van der Waals surface area (Å²) in [5.41, 5.74) is 1.65. The van der Waals surface area contributed by atoms with Crippen molar-refractivity contribution < 1.29 is 18.3 Å².